The van der Waals surface area contributed by atoms with Crippen LogP contribution in [0.5, 0.6) is 5.75 Å². The van der Waals surface area contributed by atoms with Crippen LogP contribution in [-0.2, 0) is 14.8 Å². The molecule has 0 unspecified atom stereocenters. The van der Waals surface area contributed by atoms with E-state index in [2.05, 4.69) is 6.58 Å². The van der Waals surface area contributed by atoms with Crippen molar-refractivity contribution in [1.29, 1.82) is 0 Å². The fourth-order valence-electron chi connectivity index (χ4n) is 2.38. The van der Waals surface area contributed by atoms with Crippen LogP contribution in [-0.4, -0.2) is 43.0 Å². The molecule has 1 saturated heterocycles. The third-order valence-corrected chi connectivity index (χ3v) is 5.39. The molecular weight excluding hydrogens is 320 g/mol. The van der Waals surface area contributed by atoms with E-state index >= 15 is 0 Å². The van der Waals surface area contributed by atoms with Gasteiger partial charge in [0.25, 0.3) is 5.91 Å². The lowest BCUT2D eigenvalue weighted by Gasteiger charge is -2.22. The van der Waals surface area contributed by atoms with Crippen LogP contribution < -0.4 is 10.2 Å². The molecule has 0 saturated carbocycles. The predicted octanol–water partition coefficient (Wildman–Crippen LogP) is 1.30. The molecule has 2 N–H and O–H groups in total. The molecule has 1 aromatic carbocycles. The lowest BCUT2D eigenvalue weighted by molar-refractivity contribution is -0.132. The molecule has 1 heterocycles. The number of hydrogen-bond donors (Lipinski definition) is 2. The second-order valence-corrected chi connectivity index (χ2v) is 7.21. The van der Waals surface area contributed by atoms with Crippen LogP contribution in [0.2, 0.25) is 0 Å². The lowest BCUT2D eigenvalue weighted by Crippen LogP contribution is -2.44. The summed E-state index contributed by atoms with van der Waals surface area (Å²) in [4.78, 5) is 11.8. The van der Waals surface area contributed by atoms with Crippen LogP contribution in [0.1, 0.15) is 19.8 Å². The van der Waals surface area contributed by atoms with Crippen LogP contribution in [0.15, 0.2) is 41.3 Å². The largest absolute Gasteiger partial charge is 0.494 e. The third kappa shape index (κ3) is 3.72. The first-order valence-corrected chi connectivity index (χ1v) is 8.69. The second kappa shape index (κ2) is 7.12. The summed E-state index contributed by atoms with van der Waals surface area (Å²) >= 11 is 0. The van der Waals surface area contributed by atoms with Crippen molar-refractivity contribution in [1.82, 2.24) is 9.79 Å². The van der Waals surface area contributed by atoms with E-state index in [-0.39, 0.29) is 17.9 Å². The summed E-state index contributed by atoms with van der Waals surface area (Å²) < 4.78 is 31.9. The predicted molar refractivity (Wildman–Crippen MR) is 83.6 cm³/mol. The Kier molecular flexibility index (Phi) is 5.40. The zero-order valence-electron chi connectivity index (χ0n) is 12.9. The third-order valence-electron chi connectivity index (χ3n) is 3.53. The molecule has 0 spiro atoms. The number of amides is 1. The highest BCUT2D eigenvalue weighted by molar-refractivity contribution is 7.89. The normalized spacial score (nSPS) is 18.9. The fraction of sp³-hybridized carbons (Fsp3) is 0.400. The van der Waals surface area contributed by atoms with Gasteiger partial charge in [0.2, 0.25) is 10.0 Å². The van der Waals surface area contributed by atoms with Gasteiger partial charge >= 0.3 is 0 Å². The van der Waals surface area contributed by atoms with E-state index in [0.29, 0.717) is 17.9 Å². The summed E-state index contributed by atoms with van der Waals surface area (Å²) in [6.07, 6.45) is 1.04. The highest BCUT2D eigenvalue weighted by Crippen LogP contribution is 2.29. The monoisotopic (exact) mass is 340 g/mol. The summed E-state index contributed by atoms with van der Waals surface area (Å²) in [6.45, 7) is 6.32. The Balaban J connectivity index is 2.26. The summed E-state index contributed by atoms with van der Waals surface area (Å²) in [5.74, 6) is -0.184. The molecule has 1 amide bonds. The highest BCUT2D eigenvalue weighted by Gasteiger charge is 2.41. The average Bonchev–Trinajstić information content (AvgIpc) is 2.95. The Morgan fingerprint density at radius 2 is 2.09 bits per heavy atom. The van der Waals surface area contributed by atoms with Gasteiger partial charge in [0, 0.05) is 6.54 Å². The molecule has 0 bridgehead atoms. The quantitative estimate of drug-likeness (QED) is 0.462. The van der Waals surface area contributed by atoms with Crippen molar-refractivity contribution >= 4 is 15.9 Å². The topological polar surface area (TPSA) is 95.9 Å². The van der Waals surface area contributed by atoms with E-state index < -0.39 is 22.0 Å². The summed E-state index contributed by atoms with van der Waals surface area (Å²) in [6, 6.07) is 5.04. The van der Waals surface area contributed by atoms with Crippen LogP contribution in [0.25, 0.3) is 0 Å². The van der Waals surface area contributed by atoms with Crippen LogP contribution in [0.3, 0.4) is 0 Å². The molecule has 23 heavy (non-hydrogen) atoms. The molecule has 1 aliphatic heterocycles. The molecule has 126 valence electrons. The van der Waals surface area contributed by atoms with Gasteiger partial charge in [-0.05, 0) is 37.1 Å². The van der Waals surface area contributed by atoms with Crippen molar-refractivity contribution in [2.45, 2.75) is 30.7 Å². The van der Waals surface area contributed by atoms with E-state index in [9.17, 15) is 13.2 Å². The van der Waals surface area contributed by atoms with Gasteiger partial charge in [-0.15, -0.1) is 0 Å². The van der Waals surface area contributed by atoms with Crippen molar-refractivity contribution in [2.24, 2.45) is 0 Å². The number of nitrogens with one attached hydrogen (secondary N) is 1. The summed E-state index contributed by atoms with van der Waals surface area (Å²) in [5, 5.41) is 8.79. The minimum absolute atomic E-state index is 0.0501. The Bertz CT molecular complexity index is 684. The van der Waals surface area contributed by atoms with Crippen LogP contribution in [0.4, 0.5) is 0 Å². The first kappa shape index (κ1) is 17.5. The first-order chi connectivity index (χ1) is 10.9. The Labute approximate surface area is 135 Å². The number of nitrogens with zero attached hydrogens (tertiary/aromatic N) is 1. The molecule has 1 atom stereocenters. The molecule has 7 nitrogen and oxygen atoms in total. The first-order valence-electron chi connectivity index (χ1n) is 7.25. The molecule has 8 heteroatoms. The number of carbonyl (C=O) groups is 1. The van der Waals surface area contributed by atoms with E-state index in [1.807, 2.05) is 6.92 Å². The number of benzene rings is 1. The van der Waals surface area contributed by atoms with Crippen molar-refractivity contribution in [3.05, 3.63) is 36.4 Å². The minimum atomic E-state index is -3.87. The number of sulfonamides is 1. The minimum Gasteiger partial charge on any atom is -0.494 e. The van der Waals surface area contributed by atoms with Crippen molar-refractivity contribution < 1.29 is 23.2 Å². The van der Waals surface area contributed by atoms with Crippen molar-refractivity contribution in [2.75, 3.05) is 13.2 Å². The molecule has 1 aromatic rings. The van der Waals surface area contributed by atoms with Crippen molar-refractivity contribution in [3.63, 3.8) is 0 Å². The smallest absolute Gasteiger partial charge is 0.262 e. The Morgan fingerprint density at radius 1 is 1.43 bits per heavy atom. The van der Waals surface area contributed by atoms with Crippen LogP contribution in [0, 0.1) is 0 Å². The zero-order chi connectivity index (χ0) is 17.0. The van der Waals surface area contributed by atoms with Gasteiger partial charge in [-0.2, -0.15) is 4.31 Å². The van der Waals surface area contributed by atoms with Gasteiger partial charge in [0.05, 0.1) is 11.5 Å². The van der Waals surface area contributed by atoms with Gasteiger partial charge in [0.15, 0.2) is 0 Å². The number of rotatable bonds is 6. The molecular formula is C15H20N2O5S. The average molecular weight is 340 g/mol. The van der Waals surface area contributed by atoms with Gasteiger partial charge in [0.1, 0.15) is 11.8 Å². The van der Waals surface area contributed by atoms with E-state index in [1.54, 1.807) is 12.1 Å². The highest BCUT2D eigenvalue weighted by atomic mass is 32.2. The van der Waals surface area contributed by atoms with Crippen LogP contribution >= 0.6 is 0 Å². The molecule has 0 radical (unpaired) electrons. The number of carbonyl (C=O) groups excluding carboxylic acids is 1. The van der Waals surface area contributed by atoms with Gasteiger partial charge in [-0.3, -0.25) is 10.0 Å². The van der Waals surface area contributed by atoms with Gasteiger partial charge in [-0.1, -0.05) is 19.1 Å². The fourth-order valence-corrected chi connectivity index (χ4v) is 3.99. The van der Waals surface area contributed by atoms with E-state index in [0.717, 1.165) is 10.7 Å². The maximum Gasteiger partial charge on any atom is 0.262 e. The molecule has 1 fully saturated rings. The van der Waals surface area contributed by atoms with Gasteiger partial charge in [-0.25, -0.2) is 13.9 Å². The second-order valence-electron chi connectivity index (χ2n) is 5.32. The summed E-state index contributed by atoms with van der Waals surface area (Å²) in [5.41, 5.74) is 2.12. The number of ether oxygens (including phenoxy) is 1. The van der Waals surface area contributed by atoms with Gasteiger partial charge < -0.3 is 4.74 Å². The molecule has 0 aliphatic carbocycles. The Hall–Kier alpha value is -1.90. The van der Waals surface area contributed by atoms with E-state index in [1.165, 1.54) is 17.6 Å². The SMILES string of the molecule is C=C1C[C@H](C(=O)NO)N(S(=O)(=O)c2ccc(OCCC)cc2)C1. The maximum atomic E-state index is 12.7. The number of hydroxylamine groups is 1. The Morgan fingerprint density at radius 3 is 2.65 bits per heavy atom. The molecule has 2 rings (SSSR count). The zero-order valence-corrected chi connectivity index (χ0v) is 13.7. The summed E-state index contributed by atoms with van der Waals surface area (Å²) in [7, 11) is -3.87. The lowest BCUT2D eigenvalue weighted by atomic mass is 10.2. The van der Waals surface area contributed by atoms with E-state index in [4.69, 9.17) is 9.94 Å². The van der Waals surface area contributed by atoms with Crippen molar-refractivity contribution in [3.8, 4) is 5.75 Å². The number of hydrogen-bond acceptors (Lipinski definition) is 5. The standard InChI is InChI=1S/C15H20N2O5S/c1-3-8-22-12-4-6-13(7-5-12)23(20,21)17-10-11(2)9-14(17)15(18)16-19/h4-7,14,19H,2-3,8-10H2,1H3,(H,16,18)/t14-/m1/s1. The maximum absolute atomic E-state index is 12.7. The molecule has 0 aromatic heterocycles. The molecule has 1 aliphatic rings.